The van der Waals surface area contributed by atoms with Crippen LogP contribution in [0, 0.1) is 18.2 Å². The molecule has 0 saturated carbocycles. The van der Waals surface area contributed by atoms with Crippen LogP contribution in [0.25, 0.3) is 0 Å². The second-order valence-electron chi connectivity index (χ2n) is 3.26. The van der Waals surface area contributed by atoms with E-state index in [1.807, 2.05) is 0 Å². The number of carbonyl (C=O) groups is 1. The van der Waals surface area contributed by atoms with Crippen molar-refractivity contribution in [3.8, 4) is 12.3 Å². The van der Waals surface area contributed by atoms with Gasteiger partial charge in [-0.15, -0.1) is 6.42 Å². The second kappa shape index (κ2) is 6.41. The van der Waals surface area contributed by atoms with Gasteiger partial charge in [0.15, 0.2) is 5.78 Å². The van der Waals surface area contributed by atoms with Crippen LogP contribution < -0.4 is 5.32 Å². The van der Waals surface area contributed by atoms with Crippen molar-refractivity contribution >= 4 is 21.7 Å². The van der Waals surface area contributed by atoms with Gasteiger partial charge in [0.25, 0.3) is 0 Å². The Morgan fingerprint density at radius 3 is 2.94 bits per heavy atom. The summed E-state index contributed by atoms with van der Waals surface area (Å²) >= 11 is 3.21. The molecule has 0 aromatic heterocycles. The van der Waals surface area contributed by atoms with Gasteiger partial charge < -0.3 is 0 Å². The number of halogens is 2. The van der Waals surface area contributed by atoms with Crippen LogP contribution in [0.1, 0.15) is 5.56 Å². The summed E-state index contributed by atoms with van der Waals surface area (Å²) < 4.78 is 13.4. The Bertz CT molecular complexity index is 426. The minimum absolute atomic E-state index is 0.0163. The highest BCUT2D eigenvalue weighted by molar-refractivity contribution is 9.10. The maximum Gasteiger partial charge on any atom is 0.151 e. The Hall–Kier alpha value is -1.18. The molecular formula is C12H11BrFNO. The standard InChI is InChI=1S/C12H11BrFNO/c1-2-5-15-8-11(16)6-9-3-4-10(14)7-12(9)13/h1,3-4,7,15H,5-6,8H2. The molecule has 0 saturated heterocycles. The van der Waals surface area contributed by atoms with Crippen LogP contribution in [0.3, 0.4) is 0 Å². The number of rotatable bonds is 5. The number of hydrogen-bond acceptors (Lipinski definition) is 2. The lowest BCUT2D eigenvalue weighted by molar-refractivity contribution is -0.117. The molecule has 1 rings (SSSR count). The molecule has 0 atom stereocenters. The van der Waals surface area contributed by atoms with Gasteiger partial charge in [0, 0.05) is 10.9 Å². The molecule has 1 aromatic rings. The third-order valence-electron chi connectivity index (χ3n) is 1.95. The quantitative estimate of drug-likeness (QED) is 0.661. The molecule has 0 unspecified atom stereocenters. The fraction of sp³-hybridized carbons (Fsp3) is 0.250. The zero-order valence-corrected chi connectivity index (χ0v) is 10.2. The average molecular weight is 284 g/mol. The predicted molar refractivity (Wildman–Crippen MR) is 64.5 cm³/mol. The maximum absolute atomic E-state index is 12.8. The lowest BCUT2D eigenvalue weighted by atomic mass is 10.1. The van der Waals surface area contributed by atoms with Crippen LogP contribution in [0.5, 0.6) is 0 Å². The summed E-state index contributed by atoms with van der Waals surface area (Å²) in [5.41, 5.74) is 0.772. The number of terminal acetylenes is 1. The minimum Gasteiger partial charge on any atom is -0.299 e. The predicted octanol–water partition coefficient (Wildman–Crippen LogP) is 1.92. The third kappa shape index (κ3) is 4.13. The van der Waals surface area contributed by atoms with Crippen LogP contribution in [-0.2, 0) is 11.2 Å². The number of carbonyl (C=O) groups excluding carboxylic acids is 1. The van der Waals surface area contributed by atoms with Crippen molar-refractivity contribution in [2.24, 2.45) is 0 Å². The molecule has 4 heteroatoms. The largest absolute Gasteiger partial charge is 0.299 e. The first-order valence-corrected chi connectivity index (χ1v) is 5.52. The van der Waals surface area contributed by atoms with Gasteiger partial charge in [-0.2, -0.15) is 0 Å². The van der Waals surface area contributed by atoms with Gasteiger partial charge in [-0.25, -0.2) is 4.39 Å². The van der Waals surface area contributed by atoms with Gasteiger partial charge in [-0.05, 0) is 17.7 Å². The molecule has 0 bridgehead atoms. The van der Waals surface area contributed by atoms with E-state index in [1.165, 1.54) is 12.1 Å². The van der Waals surface area contributed by atoms with Crippen LogP contribution in [0.15, 0.2) is 22.7 Å². The molecule has 0 spiro atoms. The molecule has 1 aromatic carbocycles. The summed E-state index contributed by atoms with van der Waals surface area (Å²) in [5.74, 6) is 2.07. The van der Waals surface area contributed by atoms with Gasteiger partial charge in [0.05, 0.1) is 13.1 Å². The summed E-state index contributed by atoms with van der Waals surface area (Å²) in [7, 11) is 0. The van der Waals surface area contributed by atoms with Gasteiger partial charge in [-0.1, -0.05) is 27.9 Å². The number of ketones is 1. The monoisotopic (exact) mass is 283 g/mol. The first-order chi connectivity index (χ1) is 7.63. The Kier molecular flexibility index (Phi) is 5.17. The molecule has 1 N–H and O–H groups in total. The van der Waals surface area contributed by atoms with E-state index in [2.05, 4.69) is 27.2 Å². The van der Waals surface area contributed by atoms with Crippen molar-refractivity contribution in [2.45, 2.75) is 6.42 Å². The van der Waals surface area contributed by atoms with E-state index in [4.69, 9.17) is 6.42 Å². The van der Waals surface area contributed by atoms with Crippen LogP contribution >= 0.6 is 15.9 Å². The molecule has 0 amide bonds. The molecule has 0 heterocycles. The normalized spacial score (nSPS) is 9.81. The van der Waals surface area contributed by atoms with E-state index in [1.54, 1.807) is 6.07 Å². The van der Waals surface area contributed by atoms with E-state index in [0.29, 0.717) is 11.0 Å². The van der Waals surface area contributed by atoms with Gasteiger partial charge in [0.1, 0.15) is 5.82 Å². The zero-order valence-electron chi connectivity index (χ0n) is 8.59. The van der Waals surface area contributed by atoms with Crippen LogP contribution in [0.2, 0.25) is 0 Å². The van der Waals surface area contributed by atoms with E-state index < -0.39 is 0 Å². The minimum atomic E-state index is -0.325. The highest BCUT2D eigenvalue weighted by Gasteiger charge is 2.07. The fourth-order valence-electron chi connectivity index (χ4n) is 1.21. The number of hydrogen-bond donors (Lipinski definition) is 1. The molecule has 84 valence electrons. The second-order valence-corrected chi connectivity index (χ2v) is 4.11. The Labute approximate surface area is 102 Å². The number of Topliss-reactive ketones (excluding diaryl/α,β-unsaturated/α-hetero) is 1. The first-order valence-electron chi connectivity index (χ1n) is 4.73. The summed E-state index contributed by atoms with van der Waals surface area (Å²) in [4.78, 5) is 11.5. The summed E-state index contributed by atoms with van der Waals surface area (Å²) in [5, 5.41) is 2.81. The SMILES string of the molecule is C#CCNCC(=O)Cc1ccc(F)cc1Br. The van der Waals surface area contributed by atoms with Gasteiger partial charge in [0.2, 0.25) is 0 Å². The van der Waals surface area contributed by atoms with Crippen LogP contribution in [0.4, 0.5) is 4.39 Å². The van der Waals surface area contributed by atoms with E-state index >= 15 is 0 Å². The topological polar surface area (TPSA) is 29.1 Å². The highest BCUT2D eigenvalue weighted by atomic mass is 79.9. The zero-order chi connectivity index (χ0) is 12.0. The van der Waals surface area contributed by atoms with Crippen molar-refractivity contribution in [1.82, 2.24) is 5.32 Å². The summed E-state index contributed by atoms with van der Waals surface area (Å²) in [6.07, 6.45) is 5.30. The first kappa shape index (κ1) is 12.9. The van der Waals surface area contributed by atoms with Crippen molar-refractivity contribution in [1.29, 1.82) is 0 Å². The van der Waals surface area contributed by atoms with E-state index in [-0.39, 0.29) is 24.6 Å². The van der Waals surface area contributed by atoms with Crippen molar-refractivity contribution in [3.05, 3.63) is 34.1 Å². The van der Waals surface area contributed by atoms with E-state index in [0.717, 1.165) is 5.56 Å². The number of benzene rings is 1. The maximum atomic E-state index is 12.8. The van der Waals surface area contributed by atoms with Crippen LogP contribution in [-0.4, -0.2) is 18.9 Å². The molecule has 0 aliphatic heterocycles. The molecule has 2 nitrogen and oxygen atoms in total. The summed E-state index contributed by atoms with van der Waals surface area (Å²) in [6, 6.07) is 4.28. The molecular weight excluding hydrogens is 273 g/mol. The third-order valence-corrected chi connectivity index (χ3v) is 2.69. The molecule has 16 heavy (non-hydrogen) atoms. The van der Waals surface area contributed by atoms with Gasteiger partial charge in [-0.3, -0.25) is 10.1 Å². The summed E-state index contributed by atoms with van der Waals surface area (Å²) in [6.45, 7) is 0.602. The molecule has 0 aliphatic rings. The highest BCUT2D eigenvalue weighted by Crippen LogP contribution is 2.18. The van der Waals surface area contributed by atoms with Crippen molar-refractivity contribution in [2.75, 3.05) is 13.1 Å². The fourth-order valence-corrected chi connectivity index (χ4v) is 1.71. The Morgan fingerprint density at radius 2 is 2.31 bits per heavy atom. The van der Waals surface area contributed by atoms with Crippen molar-refractivity contribution < 1.29 is 9.18 Å². The Morgan fingerprint density at radius 1 is 1.56 bits per heavy atom. The number of nitrogens with one attached hydrogen (secondary N) is 1. The lowest BCUT2D eigenvalue weighted by Crippen LogP contribution is -2.24. The lowest BCUT2D eigenvalue weighted by Gasteiger charge is -2.04. The smallest absolute Gasteiger partial charge is 0.151 e. The molecule has 0 radical (unpaired) electrons. The van der Waals surface area contributed by atoms with Gasteiger partial charge >= 0.3 is 0 Å². The van der Waals surface area contributed by atoms with Crippen molar-refractivity contribution in [3.63, 3.8) is 0 Å². The molecule has 0 fully saturated rings. The Balaban J connectivity index is 2.53. The van der Waals surface area contributed by atoms with E-state index in [9.17, 15) is 9.18 Å². The molecule has 0 aliphatic carbocycles. The average Bonchev–Trinajstić information content (AvgIpc) is 2.23.